The Morgan fingerprint density at radius 1 is 0.903 bits per heavy atom. The summed E-state index contributed by atoms with van der Waals surface area (Å²) < 4.78 is 24.6. The van der Waals surface area contributed by atoms with Crippen molar-refractivity contribution in [2.45, 2.75) is 13.2 Å². The Bertz CT molecular complexity index is 1200. The van der Waals surface area contributed by atoms with Crippen LogP contribution in [0.2, 0.25) is 0 Å². The summed E-state index contributed by atoms with van der Waals surface area (Å²) in [5.74, 6) is 0.890. The molecule has 0 unspecified atom stereocenters. The molecule has 4 aromatic carbocycles. The number of fused-ring (bicyclic) bond motifs is 1. The van der Waals surface area contributed by atoms with Gasteiger partial charge in [0.1, 0.15) is 23.9 Å². The number of hydrogen-bond acceptors (Lipinski definition) is 3. The highest BCUT2D eigenvalue weighted by molar-refractivity contribution is 5.94. The lowest BCUT2D eigenvalue weighted by atomic mass is 10.1. The summed E-state index contributed by atoms with van der Waals surface area (Å²) in [6, 6.07) is 25.2. The molecule has 156 valence electrons. The van der Waals surface area contributed by atoms with Crippen LogP contribution in [0.4, 0.5) is 4.39 Å². The third-order valence-electron chi connectivity index (χ3n) is 5.04. The normalized spacial score (nSPS) is 10.6. The van der Waals surface area contributed by atoms with Gasteiger partial charge in [0.25, 0.3) is 5.91 Å². The molecule has 0 saturated carbocycles. The van der Waals surface area contributed by atoms with Gasteiger partial charge in [-0.1, -0.05) is 48.5 Å². The maximum Gasteiger partial charge on any atom is 0.251 e. The van der Waals surface area contributed by atoms with Crippen molar-refractivity contribution in [2.24, 2.45) is 0 Å². The Kier molecular flexibility index (Phi) is 6.13. The molecular formula is C26H22FNO3. The molecule has 4 nitrogen and oxygen atoms in total. The van der Waals surface area contributed by atoms with E-state index in [2.05, 4.69) is 5.32 Å². The average molecular weight is 415 g/mol. The second-order valence-electron chi connectivity index (χ2n) is 7.10. The highest BCUT2D eigenvalue weighted by atomic mass is 19.1. The fourth-order valence-corrected chi connectivity index (χ4v) is 3.40. The van der Waals surface area contributed by atoms with Gasteiger partial charge in [-0.05, 0) is 47.3 Å². The van der Waals surface area contributed by atoms with E-state index in [1.807, 2.05) is 42.5 Å². The molecule has 0 bridgehead atoms. The molecule has 1 amide bonds. The summed E-state index contributed by atoms with van der Waals surface area (Å²) in [5, 5.41) is 4.98. The number of amides is 1. The van der Waals surface area contributed by atoms with Crippen molar-refractivity contribution in [2.75, 3.05) is 7.11 Å². The molecule has 0 atom stereocenters. The van der Waals surface area contributed by atoms with E-state index in [9.17, 15) is 9.18 Å². The van der Waals surface area contributed by atoms with Gasteiger partial charge in [0.05, 0.1) is 7.11 Å². The number of carbonyl (C=O) groups excluding carboxylic acids is 1. The second-order valence-corrected chi connectivity index (χ2v) is 7.10. The zero-order valence-electron chi connectivity index (χ0n) is 17.1. The predicted octanol–water partition coefficient (Wildman–Crippen LogP) is 5.50. The first-order valence-electron chi connectivity index (χ1n) is 9.94. The molecule has 31 heavy (non-hydrogen) atoms. The van der Waals surface area contributed by atoms with Crippen molar-refractivity contribution in [1.82, 2.24) is 5.32 Å². The van der Waals surface area contributed by atoms with E-state index in [0.717, 1.165) is 27.6 Å². The van der Waals surface area contributed by atoms with Gasteiger partial charge in [-0.15, -0.1) is 0 Å². The molecule has 4 rings (SSSR count). The monoisotopic (exact) mass is 415 g/mol. The lowest BCUT2D eigenvalue weighted by Gasteiger charge is -2.14. The lowest BCUT2D eigenvalue weighted by Crippen LogP contribution is -2.23. The van der Waals surface area contributed by atoms with Crippen molar-refractivity contribution in [3.8, 4) is 11.5 Å². The van der Waals surface area contributed by atoms with Crippen LogP contribution in [-0.4, -0.2) is 13.0 Å². The van der Waals surface area contributed by atoms with E-state index >= 15 is 0 Å². The number of carbonyl (C=O) groups is 1. The SMILES string of the molecule is COc1ccc(C(=O)NCc2ccc(F)cc2)cc1COc1cccc2ccccc12. The maximum atomic E-state index is 13.0. The number of methoxy groups -OCH3 is 1. The zero-order chi connectivity index (χ0) is 21.6. The molecular weight excluding hydrogens is 393 g/mol. The molecule has 0 saturated heterocycles. The Hall–Kier alpha value is -3.86. The van der Waals surface area contributed by atoms with E-state index in [0.29, 0.717) is 17.9 Å². The Morgan fingerprint density at radius 3 is 2.48 bits per heavy atom. The average Bonchev–Trinajstić information content (AvgIpc) is 2.82. The van der Waals surface area contributed by atoms with Crippen LogP contribution in [0, 0.1) is 5.82 Å². The van der Waals surface area contributed by atoms with Crippen LogP contribution in [-0.2, 0) is 13.2 Å². The number of rotatable bonds is 7. The number of halogens is 1. The molecule has 0 radical (unpaired) electrons. The van der Waals surface area contributed by atoms with Crippen molar-refractivity contribution in [1.29, 1.82) is 0 Å². The molecule has 1 N–H and O–H groups in total. The van der Waals surface area contributed by atoms with Crippen LogP contribution in [0.5, 0.6) is 11.5 Å². The van der Waals surface area contributed by atoms with Gasteiger partial charge in [0.2, 0.25) is 0 Å². The lowest BCUT2D eigenvalue weighted by molar-refractivity contribution is 0.0950. The molecule has 0 heterocycles. The fourth-order valence-electron chi connectivity index (χ4n) is 3.40. The van der Waals surface area contributed by atoms with Crippen molar-refractivity contribution >= 4 is 16.7 Å². The minimum Gasteiger partial charge on any atom is -0.496 e. The number of nitrogens with one attached hydrogen (secondary N) is 1. The Balaban J connectivity index is 1.49. The zero-order valence-corrected chi connectivity index (χ0v) is 17.1. The summed E-state index contributed by atoms with van der Waals surface area (Å²) in [6.45, 7) is 0.573. The predicted molar refractivity (Wildman–Crippen MR) is 119 cm³/mol. The summed E-state index contributed by atoms with van der Waals surface area (Å²) >= 11 is 0. The molecule has 0 spiro atoms. The van der Waals surface area contributed by atoms with Crippen LogP contribution >= 0.6 is 0 Å². The number of ether oxygens (including phenoxy) is 2. The van der Waals surface area contributed by atoms with Crippen LogP contribution < -0.4 is 14.8 Å². The van der Waals surface area contributed by atoms with Crippen LogP contribution in [0.25, 0.3) is 10.8 Å². The minimum atomic E-state index is -0.305. The van der Waals surface area contributed by atoms with Crippen LogP contribution in [0.3, 0.4) is 0 Å². The van der Waals surface area contributed by atoms with E-state index in [1.165, 1.54) is 12.1 Å². The van der Waals surface area contributed by atoms with E-state index in [4.69, 9.17) is 9.47 Å². The standard InChI is InChI=1S/C26H22FNO3/c1-30-24-14-11-20(26(29)28-16-18-9-12-22(27)13-10-18)15-21(24)17-31-25-8-4-6-19-5-2-3-7-23(19)25/h2-15H,16-17H2,1H3,(H,28,29). The molecule has 0 aliphatic carbocycles. The number of benzene rings is 4. The van der Waals surface area contributed by atoms with Gasteiger partial charge in [0, 0.05) is 23.1 Å². The van der Waals surface area contributed by atoms with Gasteiger partial charge >= 0.3 is 0 Å². The van der Waals surface area contributed by atoms with Gasteiger partial charge in [-0.25, -0.2) is 4.39 Å². The molecule has 0 aromatic heterocycles. The number of hydrogen-bond donors (Lipinski definition) is 1. The fraction of sp³-hybridized carbons (Fsp3) is 0.115. The van der Waals surface area contributed by atoms with E-state index in [1.54, 1.807) is 37.4 Å². The van der Waals surface area contributed by atoms with E-state index < -0.39 is 0 Å². The molecule has 5 heteroatoms. The molecule has 0 fully saturated rings. The third kappa shape index (κ3) is 4.83. The van der Waals surface area contributed by atoms with Crippen LogP contribution in [0.15, 0.2) is 84.9 Å². The minimum absolute atomic E-state index is 0.224. The van der Waals surface area contributed by atoms with Crippen LogP contribution in [0.1, 0.15) is 21.5 Å². The van der Waals surface area contributed by atoms with Gasteiger partial charge < -0.3 is 14.8 Å². The summed E-state index contributed by atoms with van der Waals surface area (Å²) in [7, 11) is 1.59. The second kappa shape index (κ2) is 9.30. The first-order chi connectivity index (χ1) is 15.1. The van der Waals surface area contributed by atoms with E-state index in [-0.39, 0.29) is 18.3 Å². The molecule has 0 aliphatic heterocycles. The third-order valence-corrected chi connectivity index (χ3v) is 5.04. The highest BCUT2D eigenvalue weighted by Crippen LogP contribution is 2.28. The largest absolute Gasteiger partial charge is 0.496 e. The smallest absolute Gasteiger partial charge is 0.251 e. The summed E-state index contributed by atoms with van der Waals surface area (Å²) in [4.78, 5) is 12.6. The Morgan fingerprint density at radius 2 is 1.68 bits per heavy atom. The maximum absolute atomic E-state index is 13.0. The summed E-state index contributed by atoms with van der Waals surface area (Å²) in [6.07, 6.45) is 0. The van der Waals surface area contributed by atoms with Gasteiger partial charge in [-0.3, -0.25) is 4.79 Å². The first kappa shape index (κ1) is 20.4. The topological polar surface area (TPSA) is 47.6 Å². The molecule has 0 aliphatic rings. The van der Waals surface area contributed by atoms with Crippen molar-refractivity contribution in [3.05, 3.63) is 107 Å². The van der Waals surface area contributed by atoms with Gasteiger partial charge in [0.15, 0.2) is 0 Å². The van der Waals surface area contributed by atoms with Crippen molar-refractivity contribution in [3.63, 3.8) is 0 Å². The summed E-state index contributed by atoms with van der Waals surface area (Å²) in [5.41, 5.74) is 2.09. The Labute approximate surface area is 180 Å². The first-order valence-corrected chi connectivity index (χ1v) is 9.94. The molecule has 4 aromatic rings. The van der Waals surface area contributed by atoms with Crippen molar-refractivity contribution < 1.29 is 18.7 Å². The highest BCUT2D eigenvalue weighted by Gasteiger charge is 2.12. The quantitative estimate of drug-likeness (QED) is 0.434. The van der Waals surface area contributed by atoms with Gasteiger partial charge in [-0.2, -0.15) is 0 Å².